The Hall–Kier alpha value is -0.390. The standard InChI is InChI=1S/C12H16Br2N2O/c1-3-7(2)11(15)12(17)16-10-6-8(13)4-5-9(10)14/h4-7,11H,3,15H2,1-2H3,(H,16,17). The topological polar surface area (TPSA) is 55.1 Å². The van der Waals surface area contributed by atoms with Gasteiger partial charge in [0.05, 0.1) is 11.7 Å². The van der Waals surface area contributed by atoms with Crippen molar-refractivity contribution in [2.75, 3.05) is 5.32 Å². The largest absolute Gasteiger partial charge is 0.324 e. The molecular weight excluding hydrogens is 348 g/mol. The maximum absolute atomic E-state index is 11.9. The van der Waals surface area contributed by atoms with Gasteiger partial charge in [-0.2, -0.15) is 0 Å². The van der Waals surface area contributed by atoms with Crippen LogP contribution in [0.1, 0.15) is 20.3 Å². The Morgan fingerprint density at radius 3 is 2.71 bits per heavy atom. The molecule has 0 aliphatic heterocycles. The summed E-state index contributed by atoms with van der Waals surface area (Å²) in [5.74, 6) is 0.0130. The van der Waals surface area contributed by atoms with Crippen LogP contribution < -0.4 is 11.1 Å². The van der Waals surface area contributed by atoms with E-state index in [1.807, 2.05) is 32.0 Å². The van der Waals surface area contributed by atoms with Crippen LogP contribution in [0.4, 0.5) is 5.69 Å². The molecule has 0 saturated carbocycles. The highest BCUT2D eigenvalue weighted by Crippen LogP contribution is 2.26. The fourth-order valence-corrected chi connectivity index (χ4v) is 2.03. The van der Waals surface area contributed by atoms with E-state index in [-0.39, 0.29) is 11.8 Å². The summed E-state index contributed by atoms with van der Waals surface area (Å²) >= 11 is 6.75. The fraction of sp³-hybridized carbons (Fsp3) is 0.417. The van der Waals surface area contributed by atoms with Gasteiger partial charge in [0.15, 0.2) is 0 Å². The lowest BCUT2D eigenvalue weighted by atomic mass is 9.99. The molecule has 0 aliphatic carbocycles. The number of carbonyl (C=O) groups is 1. The molecule has 0 heterocycles. The molecule has 2 atom stereocenters. The second-order valence-electron chi connectivity index (χ2n) is 4.02. The zero-order valence-electron chi connectivity index (χ0n) is 9.84. The molecule has 0 aliphatic rings. The Bertz CT molecular complexity index is 409. The van der Waals surface area contributed by atoms with Gasteiger partial charge in [-0.05, 0) is 40.0 Å². The number of benzene rings is 1. The van der Waals surface area contributed by atoms with Crippen LogP contribution in [0.3, 0.4) is 0 Å². The van der Waals surface area contributed by atoms with Crippen LogP contribution in [0, 0.1) is 5.92 Å². The Kier molecular flexibility index (Phi) is 5.62. The van der Waals surface area contributed by atoms with Crippen molar-refractivity contribution in [1.82, 2.24) is 0 Å². The molecule has 0 aromatic heterocycles. The van der Waals surface area contributed by atoms with Crippen molar-refractivity contribution in [1.29, 1.82) is 0 Å². The summed E-state index contributed by atoms with van der Waals surface area (Å²) in [7, 11) is 0. The Balaban J connectivity index is 2.77. The average molecular weight is 364 g/mol. The van der Waals surface area contributed by atoms with Crippen molar-refractivity contribution < 1.29 is 4.79 Å². The predicted molar refractivity (Wildman–Crippen MR) is 77.9 cm³/mol. The summed E-state index contributed by atoms with van der Waals surface area (Å²) in [4.78, 5) is 11.9. The lowest BCUT2D eigenvalue weighted by Gasteiger charge is -2.18. The van der Waals surface area contributed by atoms with Crippen molar-refractivity contribution in [3.8, 4) is 0 Å². The number of hydrogen-bond acceptors (Lipinski definition) is 2. The zero-order valence-corrected chi connectivity index (χ0v) is 13.0. The van der Waals surface area contributed by atoms with Gasteiger partial charge in [-0.1, -0.05) is 36.2 Å². The van der Waals surface area contributed by atoms with Crippen LogP contribution in [-0.4, -0.2) is 11.9 Å². The molecule has 0 bridgehead atoms. The van der Waals surface area contributed by atoms with Gasteiger partial charge >= 0.3 is 0 Å². The van der Waals surface area contributed by atoms with Crippen molar-refractivity contribution in [3.63, 3.8) is 0 Å². The van der Waals surface area contributed by atoms with E-state index in [0.29, 0.717) is 0 Å². The van der Waals surface area contributed by atoms with E-state index in [9.17, 15) is 4.79 Å². The second kappa shape index (κ2) is 6.52. The molecule has 0 radical (unpaired) electrons. The highest BCUT2D eigenvalue weighted by atomic mass is 79.9. The van der Waals surface area contributed by atoms with Gasteiger partial charge in [0.2, 0.25) is 5.91 Å². The maximum atomic E-state index is 11.9. The van der Waals surface area contributed by atoms with E-state index in [4.69, 9.17) is 5.73 Å². The van der Waals surface area contributed by atoms with E-state index in [1.165, 1.54) is 0 Å². The molecule has 2 unspecified atom stereocenters. The normalized spacial score (nSPS) is 14.2. The van der Waals surface area contributed by atoms with E-state index in [1.54, 1.807) is 0 Å². The molecule has 1 aromatic carbocycles. The Labute approximate surface area is 118 Å². The van der Waals surface area contributed by atoms with Gasteiger partial charge in [0.25, 0.3) is 0 Å². The van der Waals surface area contributed by atoms with Crippen molar-refractivity contribution in [2.45, 2.75) is 26.3 Å². The first-order valence-corrected chi connectivity index (χ1v) is 7.05. The lowest BCUT2D eigenvalue weighted by molar-refractivity contribution is -0.118. The van der Waals surface area contributed by atoms with Crippen LogP contribution in [0.2, 0.25) is 0 Å². The van der Waals surface area contributed by atoms with Gasteiger partial charge in [-0.25, -0.2) is 0 Å². The van der Waals surface area contributed by atoms with Crippen LogP contribution in [0.5, 0.6) is 0 Å². The average Bonchev–Trinajstić information content (AvgIpc) is 2.31. The summed E-state index contributed by atoms with van der Waals surface area (Å²) in [6, 6.07) is 5.12. The molecule has 0 fully saturated rings. The lowest BCUT2D eigenvalue weighted by Crippen LogP contribution is -2.40. The first kappa shape index (κ1) is 14.7. The van der Waals surface area contributed by atoms with Gasteiger partial charge in [0.1, 0.15) is 0 Å². The summed E-state index contributed by atoms with van der Waals surface area (Å²) in [5.41, 5.74) is 6.59. The monoisotopic (exact) mass is 362 g/mol. The number of carbonyl (C=O) groups excluding carboxylic acids is 1. The minimum absolute atomic E-state index is 0.154. The van der Waals surface area contributed by atoms with Crippen molar-refractivity contribution in [2.24, 2.45) is 11.7 Å². The van der Waals surface area contributed by atoms with Gasteiger partial charge in [-0.15, -0.1) is 0 Å². The molecule has 0 spiro atoms. The highest BCUT2D eigenvalue weighted by Gasteiger charge is 2.20. The Morgan fingerprint density at radius 2 is 2.12 bits per heavy atom. The van der Waals surface area contributed by atoms with Gasteiger partial charge in [0, 0.05) is 8.95 Å². The molecule has 1 rings (SSSR count). The van der Waals surface area contributed by atoms with E-state index in [2.05, 4.69) is 37.2 Å². The minimum atomic E-state index is -0.481. The van der Waals surface area contributed by atoms with Crippen molar-refractivity contribution >= 4 is 43.5 Å². The highest BCUT2D eigenvalue weighted by molar-refractivity contribution is 9.11. The minimum Gasteiger partial charge on any atom is -0.324 e. The van der Waals surface area contributed by atoms with Crippen LogP contribution >= 0.6 is 31.9 Å². The van der Waals surface area contributed by atoms with Crippen LogP contribution in [0.25, 0.3) is 0 Å². The number of hydrogen-bond donors (Lipinski definition) is 2. The molecule has 3 N–H and O–H groups in total. The predicted octanol–water partition coefficient (Wildman–Crippen LogP) is 3.52. The molecule has 3 nitrogen and oxygen atoms in total. The molecule has 1 aromatic rings. The summed E-state index contributed by atoms with van der Waals surface area (Å²) in [6.07, 6.45) is 0.883. The first-order chi connectivity index (χ1) is 7.95. The number of halogens is 2. The van der Waals surface area contributed by atoms with Crippen molar-refractivity contribution in [3.05, 3.63) is 27.1 Å². The summed E-state index contributed by atoms with van der Waals surface area (Å²) in [5, 5.41) is 2.83. The second-order valence-corrected chi connectivity index (χ2v) is 5.79. The third-order valence-corrected chi connectivity index (χ3v) is 3.93. The molecule has 5 heteroatoms. The number of rotatable bonds is 4. The molecule has 94 valence electrons. The molecule has 0 saturated heterocycles. The molecule has 17 heavy (non-hydrogen) atoms. The van der Waals surface area contributed by atoms with Crippen LogP contribution in [0.15, 0.2) is 27.1 Å². The van der Waals surface area contributed by atoms with Gasteiger partial charge < -0.3 is 11.1 Å². The summed E-state index contributed by atoms with van der Waals surface area (Å²) < 4.78 is 1.75. The number of amides is 1. The number of anilines is 1. The smallest absolute Gasteiger partial charge is 0.241 e. The maximum Gasteiger partial charge on any atom is 0.241 e. The number of nitrogens with two attached hydrogens (primary N) is 1. The number of nitrogens with one attached hydrogen (secondary N) is 1. The van der Waals surface area contributed by atoms with E-state index >= 15 is 0 Å². The van der Waals surface area contributed by atoms with E-state index in [0.717, 1.165) is 21.1 Å². The molecular formula is C12H16Br2N2O. The quantitative estimate of drug-likeness (QED) is 0.859. The molecule has 1 amide bonds. The third kappa shape index (κ3) is 4.08. The Morgan fingerprint density at radius 1 is 1.47 bits per heavy atom. The van der Waals surface area contributed by atoms with Gasteiger partial charge in [-0.3, -0.25) is 4.79 Å². The third-order valence-electron chi connectivity index (χ3n) is 2.75. The van der Waals surface area contributed by atoms with Crippen LogP contribution in [-0.2, 0) is 4.79 Å². The van der Waals surface area contributed by atoms with E-state index < -0.39 is 6.04 Å². The summed E-state index contributed by atoms with van der Waals surface area (Å²) in [6.45, 7) is 3.99. The SMILES string of the molecule is CCC(C)C(N)C(=O)Nc1cc(Br)ccc1Br. The zero-order chi connectivity index (χ0) is 13.0. The first-order valence-electron chi connectivity index (χ1n) is 5.47. The fourth-order valence-electron chi connectivity index (χ4n) is 1.32.